The highest BCUT2D eigenvalue weighted by Crippen LogP contribution is 2.27. The fraction of sp³-hybridized carbons (Fsp3) is 0.200. The third kappa shape index (κ3) is 2.55. The molecule has 0 amide bonds. The zero-order valence-electron chi connectivity index (χ0n) is 10.2. The van der Waals surface area contributed by atoms with E-state index in [2.05, 4.69) is 0 Å². The number of aryl methyl sites for hydroxylation is 2. The van der Waals surface area contributed by atoms with Crippen molar-refractivity contribution in [1.29, 1.82) is 0 Å². The maximum atomic E-state index is 13.7. The Labute approximate surface area is 111 Å². The predicted molar refractivity (Wildman–Crippen MR) is 71.4 cm³/mol. The van der Waals surface area contributed by atoms with Crippen molar-refractivity contribution in [1.82, 2.24) is 0 Å². The molecule has 1 nitrogen and oxygen atoms in total. The van der Waals surface area contributed by atoms with Gasteiger partial charge in [-0.25, -0.2) is 4.39 Å². The second-order valence-corrected chi connectivity index (χ2v) is 4.84. The molecule has 1 N–H and O–H groups in total. The minimum absolute atomic E-state index is 0.289. The summed E-state index contributed by atoms with van der Waals surface area (Å²) in [7, 11) is 0. The van der Waals surface area contributed by atoms with Crippen LogP contribution in [0, 0.1) is 19.7 Å². The van der Waals surface area contributed by atoms with Gasteiger partial charge in [-0.3, -0.25) is 0 Å². The van der Waals surface area contributed by atoms with Gasteiger partial charge in [0.2, 0.25) is 0 Å². The first-order valence-electron chi connectivity index (χ1n) is 5.69. The summed E-state index contributed by atoms with van der Waals surface area (Å²) >= 11 is 5.93. The number of benzene rings is 2. The van der Waals surface area contributed by atoms with Gasteiger partial charge < -0.3 is 5.11 Å². The Morgan fingerprint density at radius 2 is 1.83 bits per heavy atom. The van der Waals surface area contributed by atoms with E-state index >= 15 is 0 Å². The van der Waals surface area contributed by atoms with Gasteiger partial charge in [-0.1, -0.05) is 41.4 Å². The Morgan fingerprint density at radius 3 is 2.50 bits per heavy atom. The normalized spacial score (nSPS) is 12.5. The molecule has 0 spiro atoms. The molecule has 2 rings (SSSR count). The molecule has 1 unspecified atom stereocenters. The van der Waals surface area contributed by atoms with Crippen LogP contribution in [0.2, 0.25) is 5.02 Å². The van der Waals surface area contributed by atoms with Gasteiger partial charge in [0, 0.05) is 10.6 Å². The quantitative estimate of drug-likeness (QED) is 0.863. The molecule has 0 fully saturated rings. The third-order valence-electron chi connectivity index (χ3n) is 2.94. The molecule has 2 aromatic rings. The summed E-state index contributed by atoms with van der Waals surface area (Å²) in [5, 5.41) is 10.9. The molecule has 0 heterocycles. The van der Waals surface area contributed by atoms with Crippen LogP contribution in [-0.2, 0) is 0 Å². The fourth-order valence-electron chi connectivity index (χ4n) is 1.89. The van der Waals surface area contributed by atoms with E-state index in [9.17, 15) is 9.50 Å². The summed E-state index contributed by atoms with van der Waals surface area (Å²) < 4.78 is 13.7. The summed E-state index contributed by atoms with van der Waals surface area (Å²) in [5.74, 6) is -0.402. The molecular weight excluding hydrogens is 251 g/mol. The van der Waals surface area contributed by atoms with Crippen LogP contribution in [-0.4, -0.2) is 5.11 Å². The van der Waals surface area contributed by atoms with Crippen molar-refractivity contribution in [3.8, 4) is 0 Å². The van der Waals surface area contributed by atoms with Gasteiger partial charge in [-0.15, -0.1) is 0 Å². The minimum atomic E-state index is -0.971. The van der Waals surface area contributed by atoms with E-state index in [-0.39, 0.29) is 5.56 Å². The van der Waals surface area contributed by atoms with Gasteiger partial charge in [0.05, 0.1) is 0 Å². The molecular formula is C15H14ClFO. The van der Waals surface area contributed by atoms with Crippen molar-refractivity contribution in [3.63, 3.8) is 0 Å². The van der Waals surface area contributed by atoms with Crippen LogP contribution in [0.4, 0.5) is 4.39 Å². The lowest BCUT2D eigenvalue weighted by Gasteiger charge is -2.14. The Bertz CT molecular complexity index is 581. The zero-order valence-corrected chi connectivity index (χ0v) is 11.0. The van der Waals surface area contributed by atoms with E-state index in [4.69, 9.17) is 11.6 Å². The summed E-state index contributed by atoms with van der Waals surface area (Å²) in [6.07, 6.45) is -0.971. The number of halogens is 2. The van der Waals surface area contributed by atoms with Crippen LogP contribution in [0.1, 0.15) is 28.4 Å². The molecule has 0 aliphatic rings. The zero-order chi connectivity index (χ0) is 13.3. The molecule has 0 aliphatic heterocycles. The van der Waals surface area contributed by atoms with Crippen LogP contribution in [0.25, 0.3) is 0 Å². The Hall–Kier alpha value is -1.38. The number of aliphatic hydroxyl groups excluding tert-OH is 1. The summed E-state index contributed by atoms with van der Waals surface area (Å²) in [6.45, 7) is 3.72. The summed E-state index contributed by atoms with van der Waals surface area (Å²) in [6, 6.07) is 9.90. The molecule has 0 saturated carbocycles. The van der Waals surface area contributed by atoms with Crippen LogP contribution in [0.5, 0.6) is 0 Å². The lowest BCUT2D eigenvalue weighted by atomic mass is 9.98. The Kier molecular flexibility index (Phi) is 3.69. The van der Waals surface area contributed by atoms with Crippen LogP contribution >= 0.6 is 11.6 Å². The number of hydrogen-bond donors (Lipinski definition) is 1. The van der Waals surface area contributed by atoms with Crippen LogP contribution < -0.4 is 0 Å². The second-order valence-electron chi connectivity index (χ2n) is 4.44. The molecule has 3 heteroatoms. The highest BCUT2D eigenvalue weighted by atomic mass is 35.5. The predicted octanol–water partition coefficient (Wildman–Crippen LogP) is 4.18. The molecule has 0 saturated heterocycles. The second kappa shape index (κ2) is 5.09. The number of hydrogen-bond acceptors (Lipinski definition) is 1. The van der Waals surface area contributed by atoms with Crippen molar-refractivity contribution in [3.05, 3.63) is 69.5 Å². The van der Waals surface area contributed by atoms with Crippen LogP contribution in [0.15, 0.2) is 36.4 Å². The highest BCUT2D eigenvalue weighted by Gasteiger charge is 2.15. The SMILES string of the molecule is Cc1ccc(F)c(C(O)c2ccc(Cl)c(C)c2)c1. The van der Waals surface area contributed by atoms with Gasteiger partial charge in [0.15, 0.2) is 0 Å². The fourth-order valence-corrected chi connectivity index (χ4v) is 2.01. The molecule has 18 heavy (non-hydrogen) atoms. The first kappa shape index (κ1) is 13.1. The standard InChI is InChI=1S/C15H14ClFO/c1-9-3-6-14(17)12(7-9)15(18)11-4-5-13(16)10(2)8-11/h3-8,15,18H,1-2H3. The van der Waals surface area contributed by atoms with E-state index in [1.807, 2.05) is 13.8 Å². The molecule has 0 radical (unpaired) electrons. The van der Waals surface area contributed by atoms with E-state index in [1.54, 1.807) is 30.3 Å². The topological polar surface area (TPSA) is 20.2 Å². The first-order valence-corrected chi connectivity index (χ1v) is 6.07. The average molecular weight is 265 g/mol. The van der Waals surface area contributed by atoms with Crippen molar-refractivity contribution in [2.45, 2.75) is 20.0 Å². The molecule has 1 atom stereocenters. The summed E-state index contributed by atoms with van der Waals surface area (Å²) in [5.41, 5.74) is 2.70. The maximum absolute atomic E-state index is 13.7. The van der Waals surface area contributed by atoms with Gasteiger partial charge in [-0.05, 0) is 37.1 Å². The molecule has 0 aliphatic carbocycles. The van der Waals surface area contributed by atoms with Crippen molar-refractivity contribution < 1.29 is 9.50 Å². The average Bonchev–Trinajstić information content (AvgIpc) is 2.35. The lowest BCUT2D eigenvalue weighted by molar-refractivity contribution is 0.215. The molecule has 0 aromatic heterocycles. The van der Waals surface area contributed by atoms with E-state index in [0.717, 1.165) is 11.1 Å². The maximum Gasteiger partial charge on any atom is 0.129 e. The van der Waals surface area contributed by atoms with Gasteiger partial charge >= 0.3 is 0 Å². The monoisotopic (exact) mass is 264 g/mol. The number of rotatable bonds is 2. The van der Waals surface area contributed by atoms with E-state index in [1.165, 1.54) is 6.07 Å². The number of aliphatic hydroxyl groups is 1. The van der Waals surface area contributed by atoms with Crippen LogP contribution in [0.3, 0.4) is 0 Å². The van der Waals surface area contributed by atoms with Gasteiger partial charge in [0.1, 0.15) is 11.9 Å². The van der Waals surface area contributed by atoms with E-state index < -0.39 is 11.9 Å². The highest BCUT2D eigenvalue weighted by molar-refractivity contribution is 6.31. The molecule has 94 valence electrons. The van der Waals surface area contributed by atoms with Crippen molar-refractivity contribution in [2.75, 3.05) is 0 Å². The Morgan fingerprint density at radius 1 is 1.11 bits per heavy atom. The minimum Gasteiger partial charge on any atom is -0.384 e. The molecule has 2 aromatic carbocycles. The van der Waals surface area contributed by atoms with Crippen molar-refractivity contribution in [2.24, 2.45) is 0 Å². The van der Waals surface area contributed by atoms with Gasteiger partial charge in [0.25, 0.3) is 0 Å². The van der Waals surface area contributed by atoms with Gasteiger partial charge in [-0.2, -0.15) is 0 Å². The first-order chi connectivity index (χ1) is 8.49. The molecule has 0 bridgehead atoms. The lowest BCUT2D eigenvalue weighted by Crippen LogP contribution is -2.03. The third-order valence-corrected chi connectivity index (χ3v) is 3.37. The summed E-state index contributed by atoms with van der Waals surface area (Å²) in [4.78, 5) is 0. The smallest absolute Gasteiger partial charge is 0.129 e. The Balaban J connectivity index is 2.44. The van der Waals surface area contributed by atoms with E-state index in [0.29, 0.717) is 10.6 Å². The van der Waals surface area contributed by atoms with Crippen molar-refractivity contribution >= 4 is 11.6 Å². The largest absolute Gasteiger partial charge is 0.384 e.